The summed E-state index contributed by atoms with van der Waals surface area (Å²) >= 11 is 0. The summed E-state index contributed by atoms with van der Waals surface area (Å²) in [6, 6.07) is 1.87. The van der Waals surface area contributed by atoms with Crippen molar-refractivity contribution in [2.24, 2.45) is 12.2 Å². The average Bonchev–Trinajstić information content (AvgIpc) is 2.31. The maximum atomic E-state index is 8.43. The Morgan fingerprint density at radius 1 is 1.73 bits per heavy atom. The Kier molecular flexibility index (Phi) is 1.94. The van der Waals surface area contributed by atoms with Gasteiger partial charge in [-0.2, -0.15) is 5.10 Å². The molecule has 4 nitrogen and oxygen atoms in total. The van der Waals surface area contributed by atoms with E-state index in [2.05, 4.69) is 10.3 Å². The van der Waals surface area contributed by atoms with E-state index in [-0.39, 0.29) is 0 Å². The summed E-state index contributed by atoms with van der Waals surface area (Å²) in [6.07, 6.45) is 0. The van der Waals surface area contributed by atoms with Crippen molar-refractivity contribution >= 4 is 5.71 Å². The second kappa shape index (κ2) is 2.74. The summed E-state index contributed by atoms with van der Waals surface area (Å²) in [5.41, 5.74) is 2.30. The van der Waals surface area contributed by atoms with Crippen LogP contribution in [0.1, 0.15) is 18.3 Å². The minimum absolute atomic E-state index is 0.536. The molecule has 0 aromatic carbocycles. The topological polar surface area (TPSA) is 50.4 Å². The van der Waals surface area contributed by atoms with Gasteiger partial charge in [-0.25, -0.2) is 0 Å². The molecule has 0 aliphatic carbocycles. The smallest absolute Gasteiger partial charge is 0.110 e. The summed E-state index contributed by atoms with van der Waals surface area (Å²) in [4.78, 5) is 0. The van der Waals surface area contributed by atoms with Crippen molar-refractivity contribution in [1.29, 1.82) is 0 Å². The normalized spacial score (nSPS) is 12.1. The maximum absolute atomic E-state index is 8.43. The van der Waals surface area contributed by atoms with E-state index in [1.165, 1.54) is 0 Å². The molecular formula is C7H11N3O. The lowest BCUT2D eigenvalue weighted by Gasteiger charge is -1.89. The fourth-order valence-electron chi connectivity index (χ4n) is 0.789. The summed E-state index contributed by atoms with van der Waals surface area (Å²) < 4.78 is 1.74. The largest absolute Gasteiger partial charge is 0.411 e. The first kappa shape index (κ1) is 7.78. The Hall–Kier alpha value is -1.32. The Balaban J connectivity index is 3.07. The van der Waals surface area contributed by atoms with E-state index in [0.29, 0.717) is 11.4 Å². The molecule has 0 atom stereocenters. The maximum Gasteiger partial charge on any atom is 0.110 e. The molecule has 0 saturated heterocycles. The first-order valence-corrected chi connectivity index (χ1v) is 3.35. The number of rotatable bonds is 1. The number of aryl methyl sites for hydroxylation is 2. The highest BCUT2D eigenvalue weighted by atomic mass is 16.4. The van der Waals surface area contributed by atoms with Crippen molar-refractivity contribution in [2.45, 2.75) is 13.8 Å². The molecule has 0 fully saturated rings. The predicted molar refractivity (Wildman–Crippen MR) is 41.9 cm³/mol. The molecule has 11 heavy (non-hydrogen) atoms. The van der Waals surface area contributed by atoms with E-state index in [4.69, 9.17) is 5.21 Å². The Morgan fingerprint density at radius 2 is 2.36 bits per heavy atom. The monoisotopic (exact) mass is 153 g/mol. The van der Waals surface area contributed by atoms with E-state index in [0.717, 1.165) is 5.69 Å². The van der Waals surface area contributed by atoms with Gasteiger partial charge in [0.05, 0.1) is 0 Å². The zero-order valence-electron chi connectivity index (χ0n) is 6.87. The van der Waals surface area contributed by atoms with Crippen molar-refractivity contribution < 1.29 is 5.21 Å². The molecule has 1 heterocycles. The van der Waals surface area contributed by atoms with Gasteiger partial charge in [0.1, 0.15) is 11.4 Å². The zero-order valence-corrected chi connectivity index (χ0v) is 6.87. The molecule has 4 heteroatoms. The third-order valence-electron chi connectivity index (χ3n) is 1.63. The average molecular weight is 153 g/mol. The summed E-state index contributed by atoms with van der Waals surface area (Å²) in [5.74, 6) is 0. The molecule has 60 valence electrons. The molecule has 0 unspecified atom stereocenters. The molecule has 0 aliphatic heterocycles. The molecular weight excluding hydrogens is 142 g/mol. The van der Waals surface area contributed by atoms with Crippen LogP contribution in [-0.2, 0) is 7.05 Å². The van der Waals surface area contributed by atoms with E-state index in [9.17, 15) is 0 Å². The minimum Gasteiger partial charge on any atom is -0.411 e. The van der Waals surface area contributed by atoms with E-state index >= 15 is 0 Å². The number of hydrogen-bond acceptors (Lipinski definition) is 3. The van der Waals surface area contributed by atoms with Crippen LogP contribution in [0.5, 0.6) is 0 Å². The van der Waals surface area contributed by atoms with Gasteiger partial charge < -0.3 is 5.21 Å². The van der Waals surface area contributed by atoms with Gasteiger partial charge in [0, 0.05) is 12.7 Å². The second-order valence-electron chi connectivity index (χ2n) is 2.48. The molecule has 1 rings (SSSR count). The quantitative estimate of drug-likeness (QED) is 0.370. The summed E-state index contributed by atoms with van der Waals surface area (Å²) in [5, 5.41) is 15.6. The van der Waals surface area contributed by atoms with Crippen LogP contribution in [-0.4, -0.2) is 20.7 Å². The third kappa shape index (κ3) is 1.39. The molecule has 0 aliphatic rings. The van der Waals surface area contributed by atoms with Gasteiger partial charge in [-0.05, 0) is 19.9 Å². The molecule has 0 bridgehead atoms. The Bertz CT molecular complexity index is 268. The lowest BCUT2D eigenvalue weighted by molar-refractivity contribution is 0.319. The standard InChI is InChI=1S/C7H11N3O/c1-5-4-7(6(2)9-11)8-10(5)3/h4,11H,1-3H3/b9-6+. The molecule has 1 aromatic rings. The van der Waals surface area contributed by atoms with Crippen molar-refractivity contribution in [3.63, 3.8) is 0 Å². The second-order valence-corrected chi connectivity index (χ2v) is 2.48. The molecule has 0 radical (unpaired) electrons. The SMILES string of the molecule is C/C(=N\O)c1cc(C)n(C)n1. The number of aromatic nitrogens is 2. The Labute approximate surface area is 65.1 Å². The van der Waals surface area contributed by atoms with E-state index in [1.807, 2.05) is 20.0 Å². The fraction of sp³-hybridized carbons (Fsp3) is 0.429. The van der Waals surface area contributed by atoms with Gasteiger partial charge in [-0.15, -0.1) is 0 Å². The highest BCUT2D eigenvalue weighted by Crippen LogP contribution is 2.01. The van der Waals surface area contributed by atoms with Crippen molar-refractivity contribution in [3.8, 4) is 0 Å². The molecule has 0 spiro atoms. The third-order valence-corrected chi connectivity index (χ3v) is 1.63. The van der Waals surface area contributed by atoms with Crippen molar-refractivity contribution in [3.05, 3.63) is 17.5 Å². The molecule has 1 N–H and O–H groups in total. The minimum atomic E-state index is 0.536. The highest BCUT2D eigenvalue weighted by molar-refractivity contribution is 5.96. The van der Waals surface area contributed by atoms with Crippen LogP contribution >= 0.6 is 0 Å². The lowest BCUT2D eigenvalue weighted by Crippen LogP contribution is -1.98. The highest BCUT2D eigenvalue weighted by Gasteiger charge is 2.03. The van der Waals surface area contributed by atoms with Crippen LogP contribution in [0.3, 0.4) is 0 Å². The van der Waals surface area contributed by atoms with E-state index in [1.54, 1.807) is 11.6 Å². The van der Waals surface area contributed by atoms with Crippen LogP contribution in [0.25, 0.3) is 0 Å². The lowest BCUT2D eigenvalue weighted by atomic mass is 10.3. The van der Waals surface area contributed by atoms with Crippen molar-refractivity contribution in [2.75, 3.05) is 0 Å². The van der Waals surface area contributed by atoms with Crippen molar-refractivity contribution in [1.82, 2.24) is 9.78 Å². The van der Waals surface area contributed by atoms with Gasteiger partial charge in [0.15, 0.2) is 0 Å². The fourth-order valence-corrected chi connectivity index (χ4v) is 0.789. The van der Waals surface area contributed by atoms with Crippen LogP contribution in [0, 0.1) is 6.92 Å². The molecule has 0 amide bonds. The molecule has 1 aromatic heterocycles. The first-order valence-electron chi connectivity index (χ1n) is 3.35. The summed E-state index contributed by atoms with van der Waals surface area (Å²) in [6.45, 7) is 3.66. The molecule has 0 saturated carbocycles. The zero-order chi connectivity index (χ0) is 8.43. The number of hydrogen-bond donors (Lipinski definition) is 1. The first-order chi connectivity index (χ1) is 5.15. The van der Waals surface area contributed by atoms with E-state index < -0.39 is 0 Å². The predicted octanol–water partition coefficient (Wildman–Crippen LogP) is 0.927. The van der Waals surface area contributed by atoms with Crippen LogP contribution in [0.2, 0.25) is 0 Å². The summed E-state index contributed by atoms with van der Waals surface area (Å²) in [7, 11) is 1.85. The Morgan fingerprint density at radius 3 is 2.73 bits per heavy atom. The van der Waals surface area contributed by atoms with Crippen LogP contribution < -0.4 is 0 Å². The number of nitrogens with zero attached hydrogens (tertiary/aromatic N) is 3. The van der Waals surface area contributed by atoms with Gasteiger partial charge in [-0.1, -0.05) is 5.16 Å². The van der Waals surface area contributed by atoms with Crippen LogP contribution in [0.15, 0.2) is 11.2 Å². The number of oxime groups is 1. The van der Waals surface area contributed by atoms with Gasteiger partial charge in [-0.3, -0.25) is 4.68 Å². The van der Waals surface area contributed by atoms with Gasteiger partial charge >= 0.3 is 0 Å². The van der Waals surface area contributed by atoms with Crippen LogP contribution in [0.4, 0.5) is 0 Å². The van der Waals surface area contributed by atoms with Gasteiger partial charge in [0.25, 0.3) is 0 Å². The van der Waals surface area contributed by atoms with Gasteiger partial charge in [0.2, 0.25) is 0 Å².